The number of nitrogens with one attached hydrogen (secondary N) is 2. The molecule has 1 amide bonds. The smallest absolute Gasteiger partial charge is 0.286 e. The van der Waals surface area contributed by atoms with Crippen LogP contribution in [0.15, 0.2) is 41.3 Å². The molecular weight excluding hydrogens is 390 g/mol. The van der Waals surface area contributed by atoms with E-state index in [4.69, 9.17) is 9.47 Å². The lowest BCUT2D eigenvalue weighted by molar-refractivity contribution is -0.385. The molecule has 0 radical (unpaired) electrons. The van der Waals surface area contributed by atoms with Crippen LogP contribution in [0.3, 0.4) is 0 Å². The van der Waals surface area contributed by atoms with Crippen molar-refractivity contribution < 1.29 is 27.6 Å². The zero-order chi connectivity index (χ0) is 20.9. The molecule has 10 nitrogen and oxygen atoms in total. The SMILES string of the molecule is CCNS(=O)(=O)c1ccc(NC(=O)c2cc(OC)c(OC)cc2[N+](=O)[O-])cc1. The molecule has 0 aliphatic heterocycles. The largest absolute Gasteiger partial charge is 0.493 e. The Balaban J connectivity index is 2.33. The number of anilines is 1. The van der Waals surface area contributed by atoms with Crippen molar-refractivity contribution in [1.82, 2.24) is 4.72 Å². The second-order valence-electron chi connectivity index (χ2n) is 5.46. The molecule has 0 spiro atoms. The van der Waals surface area contributed by atoms with E-state index in [1.807, 2.05) is 0 Å². The van der Waals surface area contributed by atoms with Crippen molar-refractivity contribution in [2.24, 2.45) is 0 Å². The molecule has 2 aromatic rings. The van der Waals surface area contributed by atoms with E-state index in [1.54, 1.807) is 6.92 Å². The van der Waals surface area contributed by atoms with E-state index in [0.29, 0.717) is 0 Å². The second kappa shape index (κ2) is 8.67. The van der Waals surface area contributed by atoms with Crippen molar-refractivity contribution in [3.63, 3.8) is 0 Å². The summed E-state index contributed by atoms with van der Waals surface area (Å²) in [5.74, 6) is -0.482. The normalized spacial score (nSPS) is 11.0. The molecule has 0 bridgehead atoms. The summed E-state index contributed by atoms with van der Waals surface area (Å²) in [4.78, 5) is 23.2. The van der Waals surface area contributed by atoms with Crippen LogP contribution in [-0.2, 0) is 10.0 Å². The molecule has 0 unspecified atom stereocenters. The van der Waals surface area contributed by atoms with Crippen LogP contribution >= 0.6 is 0 Å². The van der Waals surface area contributed by atoms with Gasteiger partial charge in [-0.05, 0) is 24.3 Å². The third-order valence-electron chi connectivity index (χ3n) is 3.70. The molecule has 2 N–H and O–H groups in total. The maximum Gasteiger partial charge on any atom is 0.286 e. The van der Waals surface area contributed by atoms with Crippen LogP contribution in [0, 0.1) is 10.1 Å². The Labute approximate surface area is 161 Å². The van der Waals surface area contributed by atoms with Crippen LogP contribution in [0.4, 0.5) is 11.4 Å². The van der Waals surface area contributed by atoms with Gasteiger partial charge >= 0.3 is 0 Å². The van der Waals surface area contributed by atoms with Crippen molar-refractivity contribution in [2.45, 2.75) is 11.8 Å². The average Bonchev–Trinajstić information content (AvgIpc) is 2.67. The van der Waals surface area contributed by atoms with Crippen molar-refractivity contribution in [1.29, 1.82) is 0 Å². The first-order valence-electron chi connectivity index (χ1n) is 8.05. The quantitative estimate of drug-likeness (QED) is 0.503. The summed E-state index contributed by atoms with van der Waals surface area (Å²) in [5.41, 5.74) is -0.418. The first-order valence-corrected chi connectivity index (χ1v) is 9.53. The predicted molar refractivity (Wildman–Crippen MR) is 101 cm³/mol. The molecule has 28 heavy (non-hydrogen) atoms. The summed E-state index contributed by atoms with van der Waals surface area (Å²) in [6.45, 7) is 1.89. The van der Waals surface area contributed by atoms with E-state index in [9.17, 15) is 23.3 Å². The highest BCUT2D eigenvalue weighted by atomic mass is 32.2. The maximum absolute atomic E-state index is 12.5. The zero-order valence-electron chi connectivity index (χ0n) is 15.4. The predicted octanol–water partition coefficient (Wildman–Crippen LogP) is 2.16. The molecule has 0 aliphatic rings. The standard InChI is InChI=1S/C17H19N3O7S/c1-4-18-28(24,25)12-7-5-11(6-8-12)19-17(21)13-9-15(26-2)16(27-3)10-14(13)20(22)23/h5-10,18H,4H2,1-3H3,(H,19,21). The van der Waals surface area contributed by atoms with Crippen LogP contribution in [-0.4, -0.2) is 40.0 Å². The summed E-state index contributed by atoms with van der Waals surface area (Å²) in [7, 11) is -0.959. The van der Waals surface area contributed by atoms with Gasteiger partial charge in [-0.15, -0.1) is 0 Å². The van der Waals surface area contributed by atoms with E-state index in [-0.39, 0.29) is 34.2 Å². The van der Waals surface area contributed by atoms with Gasteiger partial charge in [0.15, 0.2) is 11.5 Å². The topological polar surface area (TPSA) is 137 Å². The van der Waals surface area contributed by atoms with Gasteiger partial charge in [0.2, 0.25) is 10.0 Å². The number of hydrogen-bond acceptors (Lipinski definition) is 7. The lowest BCUT2D eigenvalue weighted by Gasteiger charge is -2.11. The highest BCUT2D eigenvalue weighted by Crippen LogP contribution is 2.34. The molecule has 150 valence electrons. The molecule has 2 aromatic carbocycles. The van der Waals surface area contributed by atoms with Crippen molar-refractivity contribution in [3.8, 4) is 11.5 Å². The summed E-state index contributed by atoms with van der Waals surface area (Å²) in [5, 5.41) is 13.8. The molecule has 0 atom stereocenters. The minimum atomic E-state index is -3.62. The summed E-state index contributed by atoms with van der Waals surface area (Å²) >= 11 is 0. The van der Waals surface area contributed by atoms with Gasteiger partial charge in [-0.3, -0.25) is 14.9 Å². The Morgan fingerprint density at radius 1 is 1.11 bits per heavy atom. The second-order valence-corrected chi connectivity index (χ2v) is 7.23. The van der Waals surface area contributed by atoms with Gasteiger partial charge in [0.05, 0.1) is 30.1 Å². The Kier molecular flexibility index (Phi) is 6.54. The third kappa shape index (κ3) is 4.56. The van der Waals surface area contributed by atoms with Gasteiger partial charge in [-0.2, -0.15) is 0 Å². The Bertz CT molecular complexity index is 989. The molecule has 0 saturated heterocycles. The first-order chi connectivity index (χ1) is 13.2. The van der Waals surface area contributed by atoms with E-state index in [2.05, 4.69) is 10.0 Å². The maximum atomic E-state index is 12.5. The number of ether oxygens (including phenoxy) is 2. The van der Waals surface area contributed by atoms with E-state index >= 15 is 0 Å². The van der Waals surface area contributed by atoms with Crippen molar-refractivity contribution >= 4 is 27.3 Å². The molecule has 0 aliphatic carbocycles. The molecule has 2 rings (SSSR count). The number of rotatable bonds is 8. The lowest BCUT2D eigenvalue weighted by atomic mass is 10.1. The molecule has 0 saturated carbocycles. The van der Waals surface area contributed by atoms with Gasteiger partial charge < -0.3 is 14.8 Å². The number of carbonyl (C=O) groups is 1. The number of benzene rings is 2. The first kappa shape index (κ1) is 21.1. The fraction of sp³-hybridized carbons (Fsp3) is 0.235. The minimum Gasteiger partial charge on any atom is -0.493 e. The number of amides is 1. The summed E-state index contributed by atoms with van der Waals surface area (Å²) in [6, 6.07) is 7.70. The summed E-state index contributed by atoms with van der Waals surface area (Å²) < 4.78 is 36.3. The number of nitrogens with zero attached hydrogens (tertiary/aromatic N) is 1. The monoisotopic (exact) mass is 409 g/mol. The van der Waals surface area contributed by atoms with Crippen LogP contribution in [0.5, 0.6) is 11.5 Å². The van der Waals surface area contributed by atoms with Crippen LogP contribution in [0.25, 0.3) is 0 Å². The number of nitro benzene ring substituents is 1. The Morgan fingerprint density at radius 3 is 2.18 bits per heavy atom. The lowest BCUT2D eigenvalue weighted by Crippen LogP contribution is -2.23. The van der Waals surface area contributed by atoms with Gasteiger partial charge in [0.25, 0.3) is 11.6 Å². The van der Waals surface area contributed by atoms with Crippen LogP contribution in [0.1, 0.15) is 17.3 Å². The van der Waals surface area contributed by atoms with Crippen LogP contribution in [0.2, 0.25) is 0 Å². The minimum absolute atomic E-state index is 0.0319. The number of carbonyl (C=O) groups excluding carboxylic acids is 1. The fourth-order valence-electron chi connectivity index (χ4n) is 2.39. The van der Waals surface area contributed by atoms with E-state index in [1.165, 1.54) is 44.6 Å². The molecule has 0 aromatic heterocycles. The van der Waals surface area contributed by atoms with Gasteiger partial charge in [0, 0.05) is 18.3 Å². The number of nitro groups is 1. The van der Waals surface area contributed by atoms with Crippen LogP contribution < -0.4 is 19.5 Å². The molecular formula is C17H19N3O7S. The molecule has 0 heterocycles. The summed E-state index contributed by atoms with van der Waals surface area (Å²) in [6.07, 6.45) is 0. The fourth-order valence-corrected chi connectivity index (χ4v) is 3.43. The number of methoxy groups -OCH3 is 2. The highest BCUT2D eigenvalue weighted by Gasteiger charge is 2.24. The number of sulfonamides is 1. The van der Waals surface area contributed by atoms with E-state index in [0.717, 1.165) is 6.07 Å². The van der Waals surface area contributed by atoms with Crippen molar-refractivity contribution in [3.05, 3.63) is 52.1 Å². The highest BCUT2D eigenvalue weighted by molar-refractivity contribution is 7.89. The number of hydrogen-bond donors (Lipinski definition) is 2. The van der Waals surface area contributed by atoms with E-state index < -0.39 is 26.5 Å². The Hall–Kier alpha value is -3.18. The zero-order valence-corrected chi connectivity index (χ0v) is 16.2. The Morgan fingerprint density at radius 2 is 1.68 bits per heavy atom. The van der Waals surface area contributed by atoms with Gasteiger partial charge in [0.1, 0.15) is 5.56 Å². The average molecular weight is 409 g/mol. The van der Waals surface area contributed by atoms with Gasteiger partial charge in [-0.25, -0.2) is 13.1 Å². The van der Waals surface area contributed by atoms with Gasteiger partial charge in [-0.1, -0.05) is 6.92 Å². The third-order valence-corrected chi connectivity index (χ3v) is 5.26. The van der Waals surface area contributed by atoms with Crippen molar-refractivity contribution in [2.75, 3.05) is 26.1 Å². The molecule has 11 heteroatoms. The molecule has 0 fully saturated rings.